The molecule has 3 aromatic rings. The van der Waals surface area contributed by atoms with Gasteiger partial charge in [0.25, 0.3) is 11.8 Å². The number of anilines is 1. The Labute approximate surface area is 147 Å². The zero-order valence-electron chi connectivity index (χ0n) is 12.4. The summed E-state index contributed by atoms with van der Waals surface area (Å²) in [4.78, 5) is 12.2. The van der Waals surface area contributed by atoms with Crippen molar-refractivity contribution in [2.75, 3.05) is 12.4 Å². The summed E-state index contributed by atoms with van der Waals surface area (Å²) < 4.78 is 10.7. The van der Waals surface area contributed by atoms with Crippen LogP contribution in [0.1, 0.15) is 10.4 Å². The Morgan fingerprint density at radius 2 is 1.96 bits per heavy atom. The number of ether oxygens (including phenoxy) is 1. The maximum atomic E-state index is 12.2. The normalized spacial score (nSPS) is 10.5. The third-order valence-corrected chi connectivity index (χ3v) is 3.72. The monoisotopic (exact) mass is 363 g/mol. The van der Waals surface area contributed by atoms with Gasteiger partial charge < -0.3 is 9.15 Å². The molecule has 0 fully saturated rings. The molecule has 0 saturated heterocycles. The molecule has 8 heteroatoms. The summed E-state index contributed by atoms with van der Waals surface area (Å²) in [5.41, 5.74) is 0.829. The van der Waals surface area contributed by atoms with Crippen LogP contribution >= 0.6 is 23.2 Å². The lowest BCUT2D eigenvalue weighted by molar-refractivity contribution is 0.102. The number of benzene rings is 2. The Morgan fingerprint density at radius 3 is 2.75 bits per heavy atom. The lowest BCUT2D eigenvalue weighted by Gasteiger charge is -2.04. The first-order valence-electron chi connectivity index (χ1n) is 6.82. The van der Waals surface area contributed by atoms with Crippen LogP contribution in [0.5, 0.6) is 5.75 Å². The van der Waals surface area contributed by atoms with Gasteiger partial charge in [0, 0.05) is 5.02 Å². The molecule has 1 aromatic heterocycles. The molecule has 0 bridgehead atoms. The van der Waals surface area contributed by atoms with Crippen molar-refractivity contribution in [3.63, 3.8) is 0 Å². The summed E-state index contributed by atoms with van der Waals surface area (Å²) >= 11 is 11.9. The number of aromatic nitrogens is 2. The predicted octanol–water partition coefficient (Wildman–Crippen LogP) is 4.30. The molecule has 122 valence electrons. The van der Waals surface area contributed by atoms with Gasteiger partial charge in [0.05, 0.1) is 23.3 Å². The molecule has 1 heterocycles. The zero-order chi connectivity index (χ0) is 17.1. The van der Waals surface area contributed by atoms with E-state index in [1.807, 2.05) is 12.1 Å². The van der Waals surface area contributed by atoms with E-state index in [2.05, 4.69) is 15.5 Å². The van der Waals surface area contributed by atoms with E-state index < -0.39 is 5.91 Å². The first-order valence-corrected chi connectivity index (χ1v) is 7.57. The van der Waals surface area contributed by atoms with E-state index in [9.17, 15) is 4.79 Å². The average Bonchev–Trinajstić information content (AvgIpc) is 3.05. The maximum absolute atomic E-state index is 12.2. The quantitative estimate of drug-likeness (QED) is 0.747. The minimum atomic E-state index is -0.502. The second kappa shape index (κ2) is 6.90. The Bertz CT molecular complexity index is 896. The molecule has 0 aliphatic carbocycles. The highest BCUT2D eigenvalue weighted by molar-refractivity contribution is 6.36. The number of rotatable bonds is 4. The van der Waals surface area contributed by atoms with E-state index >= 15 is 0 Å². The number of hydrogen-bond donors (Lipinski definition) is 1. The smallest absolute Gasteiger partial charge is 0.322 e. The van der Waals surface area contributed by atoms with Gasteiger partial charge in [-0.3, -0.25) is 10.1 Å². The third kappa shape index (κ3) is 3.34. The lowest BCUT2D eigenvalue weighted by Crippen LogP contribution is -2.12. The van der Waals surface area contributed by atoms with Gasteiger partial charge in [-0.2, -0.15) is 0 Å². The first-order chi connectivity index (χ1) is 11.6. The van der Waals surface area contributed by atoms with Crippen molar-refractivity contribution in [1.29, 1.82) is 0 Å². The second-order valence-corrected chi connectivity index (χ2v) is 5.53. The molecule has 6 nitrogen and oxygen atoms in total. The van der Waals surface area contributed by atoms with E-state index in [1.54, 1.807) is 25.3 Å². The van der Waals surface area contributed by atoms with Gasteiger partial charge in [-0.25, -0.2) is 0 Å². The van der Waals surface area contributed by atoms with Crippen molar-refractivity contribution < 1.29 is 13.9 Å². The van der Waals surface area contributed by atoms with E-state index in [-0.39, 0.29) is 22.5 Å². The van der Waals surface area contributed by atoms with Crippen LogP contribution in [0.2, 0.25) is 10.0 Å². The molecule has 0 spiro atoms. The molecule has 0 radical (unpaired) electrons. The molecule has 24 heavy (non-hydrogen) atoms. The van der Waals surface area contributed by atoms with Gasteiger partial charge in [0.15, 0.2) is 0 Å². The van der Waals surface area contributed by atoms with Crippen LogP contribution in [0.25, 0.3) is 11.5 Å². The number of halogens is 2. The highest BCUT2D eigenvalue weighted by Gasteiger charge is 2.17. The summed E-state index contributed by atoms with van der Waals surface area (Å²) in [6.07, 6.45) is 0. The Hall–Kier alpha value is -2.57. The molecule has 0 atom stereocenters. The molecule has 1 N–H and O–H groups in total. The molecule has 0 aliphatic rings. The average molecular weight is 364 g/mol. The van der Waals surface area contributed by atoms with Gasteiger partial charge in [-0.1, -0.05) is 40.4 Å². The molecule has 3 rings (SSSR count). The number of carbonyl (C=O) groups is 1. The highest BCUT2D eigenvalue weighted by atomic mass is 35.5. The van der Waals surface area contributed by atoms with Crippen LogP contribution in [-0.4, -0.2) is 23.2 Å². The predicted molar refractivity (Wildman–Crippen MR) is 90.7 cm³/mol. The van der Waals surface area contributed by atoms with Crippen molar-refractivity contribution in [1.82, 2.24) is 10.2 Å². The van der Waals surface area contributed by atoms with E-state index in [4.69, 9.17) is 32.4 Å². The van der Waals surface area contributed by atoms with Crippen LogP contribution in [0.15, 0.2) is 46.9 Å². The van der Waals surface area contributed by atoms with Crippen LogP contribution in [0, 0.1) is 0 Å². The first kappa shape index (κ1) is 16.3. The molecule has 0 aliphatic heterocycles. The molecule has 0 unspecified atom stereocenters. The lowest BCUT2D eigenvalue weighted by atomic mass is 10.2. The fourth-order valence-electron chi connectivity index (χ4n) is 2.04. The summed E-state index contributed by atoms with van der Waals surface area (Å²) in [7, 11) is 1.54. The minimum absolute atomic E-state index is 0.0584. The SMILES string of the molecule is COc1ccccc1-c1nnc(NC(=O)c2cc(Cl)ccc2Cl)o1. The summed E-state index contributed by atoms with van der Waals surface area (Å²) in [5.74, 6) is 0.301. The Kier molecular flexibility index (Phi) is 4.69. The largest absolute Gasteiger partial charge is 0.496 e. The van der Waals surface area contributed by atoms with Crippen LogP contribution < -0.4 is 10.1 Å². The molecule has 0 saturated carbocycles. The van der Waals surface area contributed by atoms with Gasteiger partial charge in [-0.15, -0.1) is 5.10 Å². The van der Waals surface area contributed by atoms with Crippen molar-refractivity contribution in [3.05, 3.63) is 58.1 Å². The highest BCUT2D eigenvalue weighted by Crippen LogP contribution is 2.29. The van der Waals surface area contributed by atoms with Gasteiger partial charge in [0.2, 0.25) is 0 Å². The number of nitrogens with one attached hydrogen (secondary N) is 1. The van der Waals surface area contributed by atoms with Gasteiger partial charge >= 0.3 is 6.01 Å². The number of amides is 1. The van der Waals surface area contributed by atoms with Crippen LogP contribution in [0.3, 0.4) is 0 Å². The minimum Gasteiger partial charge on any atom is -0.496 e. The fraction of sp³-hybridized carbons (Fsp3) is 0.0625. The molecule has 2 aromatic carbocycles. The van der Waals surface area contributed by atoms with E-state index in [0.29, 0.717) is 16.3 Å². The van der Waals surface area contributed by atoms with Crippen molar-refractivity contribution in [2.45, 2.75) is 0 Å². The number of carbonyl (C=O) groups excluding carboxylic acids is 1. The number of methoxy groups -OCH3 is 1. The Balaban J connectivity index is 1.84. The van der Waals surface area contributed by atoms with Crippen LogP contribution in [0.4, 0.5) is 6.01 Å². The number of hydrogen-bond acceptors (Lipinski definition) is 5. The summed E-state index contributed by atoms with van der Waals surface area (Å²) in [6.45, 7) is 0. The molecular weight excluding hydrogens is 353 g/mol. The molecule has 1 amide bonds. The van der Waals surface area contributed by atoms with E-state index in [0.717, 1.165) is 0 Å². The Morgan fingerprint density at radius 1 is 1.17 bits per heavy atom. The fourth-order valence-corrected chi connectivity index (χ4v) is 2.42. The van der Waals surface area contributed by atoms with Crippen LogP contribution in [-0.2, 0) is 0 Å². The summed E-state index contributed by atoms with van der Waals surface area (Å²) in [6, 6.07) is 11.7. The summed E-state index contributed by atoms with van der Waals surface area (Å²) in [5, 5.41) is 10.9. The van der Waals surface area contributed by atoms with Gasteiger partial charge in [-0.05, 0) is 30.3 Å². The van der Waals surface area contributed by atoms with Crippen molar-refractivity contribution in [3.8, 4) is 17.2 Å². The topological polar surface area (TPSA) is 77.3 Å². The zero-order valence-corrected chi connectivity index (χ0v) is 13.9. The number of para-hydroxylation sites is 1. The standard InChI is InChI=1S/C16H11Cl2N3O3/c1-23-13-5-3-2-4-10(13)15-20-21-16(24-15)19-14(22)11-8-9(17)6-7-12(11)18/h2-8H,1H3,(H,19,21,22). The van der Waals surface area contributed by atoms with Crippen molar-refractivity contribution >= 4 is 35.1 Å². The van der Waals surface area contributed by atoms with Gasteiger partial charge in [0.1, 0.15) is 5.75 Å². The second-order valence-electron chi connectivity index (χ2n) is 4.69. The maximum Gasteiger partial charge on any atom is 0.322 e. The molecular formula is C16H11Cl2N3O3. The number of nitrogens with zero attached hydrogens (tertiary/aromatic N) is 2. The van der Waals surface area contributed by atoms with Crippen molar-refractivity contribution in [2.24, 2.45) is 0 Å². The third-order valence-electron chi connectivity index (χ3n) is 3.16. The van der Waals surface area contributed by atoms with E-state index in [1.165, 1.54) is 12.1 Å².